The fourth-order valence-electron chi connectivity index (χ4n) is 3.49. The number of likely N-dealkylation sites (N-methyl/N-ethyl adjacent to an activating group) is 1. The van der Waals surface area contributed by atoms with Crippen molar-refractivity contribution < 1.29 is 14.3 Å². The third-order valence-corrected chi connectivity index (χ3v) is 6.10. The molecule has 1 atom stereocenters. The van der Waals surface area contributed by atoms with Gasteiger partial charge in [0.05, 0.1) is 33.7 Å². The van der Waals surface area contributed by atoms with E-state index >= 15 is 0 Å². The number of aryl methyl sites for hydroxylation is 2. The number of esters is 1. The molecule has 1 unspecified atom stereocenters. The molecule has 0 radical (unpaired) electrons. The summed E-state index contributed by atoms with van der Waals surface area (Å²) in [5, 5.41) is 5.27. The number of para-hydroxylation sites is 1. The van der Waals surface area contributed by atoms with Crippen LogP contribution in [0.3, 0.4) is 0 Å². The van der Waals surface area contributed by atoms with Gasteiger partial charge in [0, 0.05) is 12.7 Å². The maximum atomic E-state index is 12.7. The fraction of sp³-hybridized carbons (Fsp3) is 0.250. The third-order valence-electron chi connectivity index (χ3n) is 5.08. The number of carbonyl (C=O) groups excluding carboxylic acids is 2. The van der Waals surface area contributed by atoms with Crippen molar-refractivity contribution in [2.75, 3.05) is 7.05 Å². The van der Waals surface area contributed by atoms with Gasteiger partial charge in [-0.3, -0.25) is 4.79 Å². The number of carbonyl (C=O) groups is 2. The molecule has 8 heteroatoms. The minimum Gasteiger partial charge on any atom is -0.449 e. The maximum absolute atomic E-state index is 12.7. The van der Waals surface area contributed by atoms with Gasteiger partial charge in [0.15, 0.2) is 6.10 Å². The summed E-state index contributed by atoms with van der Waals surface area (Å²) >= 11 is 1.55. The first-order valence-corrected chi connectivity index (χ1v) is 11.1. The average Bonchev–Trinajstić information content (AvgIpc) is 3.34. The first-order chi connectivity index (χ1) is 15.3. The number of aromatic nitrogens is 3. The minimum absolute atomic E-state index is 0.281. The van der Waals surface area contributed by atoms with E-state index in [-0.39, 0.29) is 5.91 Å². The van der Waals surface area contributed by atoms with Crippen molar-refractivity contribution in [2.45, 2.75) is 33.4 Å². The Labute approximate surface area is 190 Å². The van der Waals surface area contributed by atoms with Crippen LogP contribution in [0.4, 0.5) is 0 Å². The van der Waals surface area contributed by atoms with E-state index in [9.17, 15) is 9.59 Å². The topological polar surface area (TPSA) is 77.3 Å². The molecule has 4 aromatic rings. The van der Waals surface area contributed by atoms with Gasteiger partial charge in [0.1, 0.15) is 5.01 Å². The highest BCUT2D eigenvalue weighted by Gasteiger charge is 2.23. The quantitative estimate of drug-likeness (QED) is 0.411. The fourth-order valence-corrected chi connectivity index (χ4v) is 4.51. The van der Waals surface area contributed by atoms with Crippen molar-refractivity contribution in [2.24, 2.45) is 0 Å². The molecule has 32 heavy (non-hydrogen) atoms. The van der Waals surface area contributed by atoms with Crippen molar-refractivity contribution >= 4 is 33.4 Å². The van der Waals surface area contributed by atoms with Crippen LogP contribution in [0.1, 0.15) is 33.7 Å². The van der Waals surface area contributed by atoms with Gasteiger partial charge in [-0.25, -0.2) is 14.5 Å². The van der Waals surface area contributed by atoms with E-state index in [0.717, 1.165) is 32.3 Å². The van der Waals surface area contributed by atoms with Crippen LogP contribution in [0.2, 0.25) is 0 Å². The Balaban J connectivity index is 1.37. The Morgan fingerprint density at radius 3 is 2.50 bits per heavy atom. The molecule has 2 heterocycles. The average molecular weight is 449 g/mol. The highest BCUT2D eigenvalue weighted by Crippen LogP contribution is 2.22. The molecule has 4 rings (SSSR count). The van der Waals surface area contributed by atoms with E-state index in [4.69, 9.17) is 4.74 Å². The number of rotatable bonds is 6. The van der Waals surface area contributed by atoms with E-state index in [1.54, 1.807) is 37.4 Å². The summed E-state index contributed by atoms with van der Waals surface area (Å²) < 4.78 is 8.31. The molecule has 0 aliphatic carbocycles. The predicted octanol–water partition coefficient (Wildman–Crippen LogP) is 4.30. The van der Waals surface area contributed by atoms with E-state index in [2.05, 4.69) is 10.1 Å². The second kappa shape index (κ2) is 8.92. The van der Waals surface area contributed by atoms with Crippen LogP contribution in [-0.2, 0) is 16.1 Å². The van der Waals surface area contributed by atoms with Gasteiger partial charge in [-0.15, -0.1) is 11.3 Å². The summed E-state index contributed by atoms with van der Waals surface area (Å²) in [6.45, 7) is 5.85. The predicted molar refractivity (Wildman–Crippen MR) is 124 cm³/mol. The summed E-state index contributed by atoms with van der Waals surface area (Å²) in [6, 6.07) is 16.8. The normalized spacial score (nSPS) is 12.0. The van der Waals surface area contributed by atoms with Crippen molar-refractivity contribution in [1.29, 1.82) is 0 Å². The second-order valence-electron chi connectivity index (χ2n) is 7.70. The second-order valence-corrected chi connectivity index (χ2v) is 8.82. The Hall–Kier alpha value is -3.52. The molecule has 2 aromatic heterocycles. The number of ether oxygens (including phenoxy) is 1. The number of fused-ring (bicyclic) bond motifs is 1. The number of hydrogen-bond acceptors (Lipinski definition) is 6. The molecule has 0 fully saturated rings. The molecule has 1 amide bonds. The zero-order valence-electron chi connectivity index (χ0n) is 18.4. The highest BCUT2D eigenvalue weighted by atomic mass is 32.1. The van der Waals surface area contributed by atoms with Gasteiger partial charge in [-0.05, 0) is 63.2 Å². The van der Waals surface area contributed by atoms with Gasteiger partial charge in [0.25, 0.3) is 5.91 Å². The number of hydrogen-bond donors (Lipinski definition) is 0. The molecule has 0 saturated heterocycles. The number of amides is 1. The van der Waals surface area contributed by atoms with Crippen LogP contribution in [0.5, 0.6) is 0 Å². The summed E-state index contributed by atoms with van der Waals surface area (Å²) in [5.41, 5.74) is 4.08. The van der Waals surface area contributed by atoms with Crippen LogP contribution in [0.25, 0.3) is 15.9 Å². The van der Waals surface area contributed by atoms with Gasteiger partial charge >= 0.3 is 5.97 Å². The molecule has 0 N–H and O–H groups in total. The summed E-state index contributed by atoms with van der Waals surface area (Å²) in [7, 11) is 1.68. The number of benzene rings is 2. The lowest BCUT2D eigenvalue weighted by molar-refractivity contribution is -0.139. The van der Waals surface area contributed by atoms with E-state index in [1.165, 1.54) is 4.90 Å². The minimum atomic E-state index is -0.905. The van der Waals surface area contributed by atoms with E-state index in [0.29, 0.717) is 12.1 Å². The number of thiazole rings is 1. The summed E-state index contributed by atoms with van der Waals surface area (Å²) in [5.74, 6) is -0.823. The first kappa shape index (κ1) is 21.7. The summed E-state index contributed by atoms with van der Waals surface area (Å²) in [4.78, 5) is 31.4. The van der Waals surface area contributed by atoms with Gasteiger partial charge in [0.2, 0.25) is 0 Å². The zero-order valence-corrected chi connectivity index (χ0v) is 19.2. The van der Waals surface area contributed by atoms with Crippen LogP contribution >= 0.6 is 11.3 Å². The summed E-state index contributed by atoms with van der Waals surface area (Å²) in [6.07, 6.45) is -0.905. The number of nitrogens with zero attached hydrogens (tertiary/aromatic N) is 4. The largest absolute Gasteiger partial charge is 0.449 e. The monoisotopic (exact) mass is 448 g/mol. The Morgan fingerprint density at radius 2 is 1.84 bits per heavy atom. The van der Waals surface area contributed by atoms with Crippen LogP contribution in [0, 0.1) is 13.8 Å². The molecule has 0 aliphatic heterocycles. The van der Waals surface area contributed by atoms with Crippen LogP contribution < -0.4 is 0 Å². The molecule has 0 spiro atoms. The van der Waals surface area contributed by atoms with Gasteiger partial charge in [-0.1, -0.05) is 12.1 Å². The standard InChI is InChI=1S/C24H24N4O3S/c1-15-13-16(2)28(26-15)19-11-9-18(10-12-19)24(30)31-17(3)23(29)27(4)14-22-25-20-7-5-6-8-21(20)32-22/h5-13,17H,14H2,1-4H3. The SMILES string of the molecule is Cc1cc(C)n(-c2ccc(C(=O)OC(C)C(=O)N(C)Cc3nc4ccccc4s3)cc2)n1. The van der Waals surface area contributed by atoms with E-state index < -0.39 is 12.1 Å². The zero-order chi connectivity index (χ0) is 22.8. The molecule has 7 nitrogen and oxygen atoms in total. The smallest absolute Gasteiger partial charge is 0.338 e. The molecular formula is C24H24N4O3S. The molecule has 2 aromatic carbocycles. The lowest BCUT2D eigenvalue weighted by atomic mass is 10.2. The lowest BCUT2D eigenvalue weighted by Crippen LogP contribution is -2.37. The third kappa shape index (κ3) is 4.55. The van der Waals surface area contributed by atoms with Gasteiger partial charge in [-0.2, -0.15) is 5.10 Å². The first-order valence-electron chi connectivity index (χ1n) is 10.3. The molecule has 0 bridgehead atoms. The highest BCUT2D eigenvalue weighted by molar-refractivity contribution is 7.18. The van der Waals surface area contributed by atoms with Crippen LogP contribution in [0.15, 0.2) is 54.6 Å². The Bertz CT molecular complexity index is 1240. The Kier molecular flexibility index (Phi) is 6.05. The molecule has 0 saturated carbocycles. The van der Waals surface area contributed by atoms with Crippen molar-refractivity contribution in [3.8, 4) is 5.69 Å². The van der Waals surface area contributed by atoms with Crippen molar-refractivity contribution in [3.05, 3.63) is 76.6 Å². The van der Waals surface area contributed by atoms with Crippen LogP contribution in [-0.4, -0.2) is 44.7 Å². The molecule has 164 valence electrons. The van der Waals surface area contributed by atoms with Gasteiger partial charge < -0.3 is 9.64 Å². The Morgan fingerprint density at radius 1 is 1.12 bits per heavy atom. The van der Waals surface area contributed by atoms with Crippen molar-refractivity contribution in [3.63, 3.8) is 0 Å². The van der Waals surface area contributed by atoms with E-state index in [1.807, 2.05) is 61.0 Å². The molecule has 0 aliphatic rings. The van der Waals surface area contributed by atoms with Crippen molar-refractivity contribution in [1.82, 2.24) is 19.7 Å². The lowest BCUT2D eigenvalue weighted by Gasteiger charge is -2.20. The molecular weight excluding hydrogens is 424 g/mol. The maximum Gasteiger partial charge on any atom is 0.338 e.